The molecule has 1 aromatic heterocycles. The largest absolute Gasteiger partial charge is 0.355 e. The van der Waals surface area contributed by atoms with Gasteiger partial charge in [0.2, 0.25) is 0 Å². The second kappa shape index (κ2) is 7.60. The number of anilines is 1. The number of aryl methyl sites for hydroxylation is 1. The third-order valence-electron chi connectivity index (χ3n) is 3.88. The van der Waals surface area contributed by atoms with E-state index in [2.05, 4.69) is 42.1 Å². The van der Waals surface area contributed by atoms with Crippen molar-refractivity contribution in [1.82, 2.24) is 15.2 Å². The first kappa shape index (κ1) is 15.3. The Morgan fingerprint density at radius 1 is 1.25 bits per heavy atom. The predicted molar refractivity (Wildman–Crippen MR) is 85.3 cm³/mol. The Morgan fingerprint density at radius 3 is 2.85 bits per heavy atom. The van der Waals surface area contributed by atoms with Gasteiger partial charge in [-0.2, -0.15) is 0 Å². The average molecular weight is 276 g/mol. The average Bonchev–Trinajstić information content (AvgIpc) is 2.64. The fourth-order valence-corrected chi connectivity index (χ4v) is 2.72. The van der Waals surface area contributed by atoms with Crippen molar-refractivity contribution in [2.75, 3.05) is 44.7 Å². The zero-order valence-electron chi connectivity index (χ0n) is 13.2. The molecule has 1 N–H and O–H groups in total. The van der Waals surface area contributed by atoms with Gasteiger partial charge in [-0.25, -0.2) is 4.98 Å². The van der Waals surface area contributed by atoms with Gasteiger partial charge in [0.25, 0.3) is 0 Å². The zero-order valence-corrected chi connectivity index (χ0v) is 13.2. The molecule has 1 aromatic rings. The molecule has 0 aromatic carbocycles. The van der Waals surface area contributed by atoms with Crippen molar-refractivity contribution >= 4 is 5.82 Å². The standard InChI is InChI=1S/C16H28N4/c1-4-6-17-12-15-11-14(2)16(18-13-15)20-8-5-7-19(3)9-10-20/h11,13,17H,4-10,12H2,1-3H3. The summed E-state index contributed by atoms with van der Waals surface area (Å²) in [7, 11) is 2.20. The van der Waals surface area contributed by atoms with E-state index in [1.165, 1.54) is 36.3 Å². The van der Waals surface area contributed by atoms with Crippen LogP contribution in [0.4, 0.5) is 5.82 Å². The monoisotopic (exact) mass is 276 g/mol. The molecule has 112 valence electrons. The van der Waals surface area contributed by atoms with Crippen molar-refractivity contribution in [2.45, 2.75) is 33.2 Å². The van der Waals surface area contributed by atoms with Crippen LogP contribution in [0.1, 0.15) is 30.9 Å². The number of nitrogens with one attached hydrogen (secondary N) is 1. The van der Waals surface area contributed by atoms with Crippen molar-refractivity contribution in [1.29, 1.82) is 0 Å². The number of nitrogens with zero attached hydrogens (tertiary/aromatic N) is 3. The molecule has 0 radical (unpaired) electrons. The van der Waals surface area contributed by atoms with Crippen LogP contribution in [0.3, 0.4) is 0 Å². The van der Waals surface area contributed by atoms with Gasteiger partial charge >= 0.3 is 0 Å². The van der Waals surface area contributed by atoms with Crippen LogP contribution in [-0.4, -0.2) is 49.7 Å². The van der Waals surface area contributed by atoms with Gasteiger partial charge in [-0.3, -0.25) is 0 Å². The van der Waals surface area contributed by atoms with Crippen LogP contribution in [-0.2, 0) is 6.54 Å². The van der Waals surface area contributed by atoms with E-state index in [1.54, 1.807) is 0 Å². The summed E-state index contributed by atoms with van der Waals surface area (Å²) >= 11 is 0. The van der Waals surface area contributed by atoms with E-state index >= 15 is 0 Å². The van der Waals surface area contributed by atoms with E-state index in [1.807, 2.05) is 6.20 Å². The van der Waals surface area contributed by atoms with Crippen molar-refractivity contribution in [3.05, 3.63) is 23.4 Å². The summed E-state index contributed by atoms with van der Waals surface area (Å²) in [5, 5.41) is 3.43. The fourth-order valence-electron chi connectivity index (χ4n) is 2.72. The third-order valence-corrected chi connectivity index (χ3v) is 3.88. The SMILES string of the molecule is CCCNCc1cnc(N2CCCN(C)CC2)c(C)c1. The maximum atomic E-state index is 4.71. The van der Waals surface area contributed by atoms with Crippen LogP contribution in [0.5, 0.6) is 0 Å². The Kier molecular flexibility index (Phi) is 5.80. The van der Waals surface area contributed by atoms with Gasteiger partial charge < -0.3 is 15.1 Å². The first-order chi connectivity index (χ1) is 9.70. The molecule has 1 saturated heterocycles. The van der Waals surface area contributed by atoms with Crippen LogP contribution < -0.4 is 10.2 Å². The maximum absolute atomic E-state index is 4.71. The Labute approximate surface area is 123 Å². The summed E-state index contributed by atoms with van der Waals surface area (Å²) in [6.07, 6.45) is 4.42. The summed E-state index contributed by atoms with van der Waals surface area (Å²) < 4.78 is 0. The molecular formula is C16H28N4. The highest BCUT2D eigenvalue weighted by atomic mass is 15.2. The lowest BCUT2D eigenvalue weighted by molar-refractivity contribution is 0.360. The zero-order chi connectivity index (χ0) is 14.4. The molecule has 2 rings (SSSR count). The van der Waals surface area contributed by atoms with Crippen LogP contribution in [0.15, 0.2) is 12.3 Å². The molecule has 0 spiro atoms. The summed E-state index contributed by atoms with van der Waals surface area (Å²) in [5.41, 5.74) is 2.58. The lowest BCUT2D eigenvalue weighted by atomic mass is 10.2. The van der Waals surface area contributed by atoms with Gasteiger partial charge in [-0.15, -0.1) is 0 Å². The minimum Gasteiger partial charge on any atom is -0.355 e. The molecule has 20 heavy (non-hydrogen) atoms. The van der Waals surface area contributed by atoms with E-state index < -0.39 is 0 Å². The molecule has 4 heteroatoms. The van der Waals surface area contributed by atoms with Crippen LogP contribution in [0.2, 0.25) is 0 Å². The second-order valence-electron chi connectivity index (χ2n) is 5.80. The molecule has 1 aliphatic rings. The van der Waals surface area contributed by atoms with Gasteiger partial charge in [-0.1, -0.05) is 6.92 Å². The molecule has 1 fully saturated rings. The molecule has 0 saturated carbocycles. The van der Waals surface area contributed by atoms with Gasteiger partial charge in [0.05, 0.1) is 0 Å². The topological polar surface area (TPSA) is 31.4 Å². The van der Waals surface area contributed by atoms with Crippen LogP contribution in [0, 0.1) is 6.92 Å². The molecule has 0 atom stereocenters. The maximum Gasteiger partial charge on any atom is 0.131 e. The van der Waals surface area contributed by atoms with Crippen LogP contribution in [0.25, 0.3) is 0 Å². The number of likely N-dealkylation sites (N-methyl/N-ethyl adjacent to an activating group) is 1. The molecule has 2 heterocycles. The lowest BCUT2D eigenvalue weighted by Crippen LogP contribution is -2.30. The van der Waals surface area contributed by atoms with Crippen molar-refractivity contribution < 1.29 is 0 Å². The Hall–Kier alpha value is -1.13. The second-order valence-corrected chi connectivity index (χ2v) is 5.80. The quantitative estimate of drug-likeness (QED) is 0.834. The number of aromatic nitrogens is 1. The van der Waals surface area contributed by atoms with Crippen LogP contribution >= 0.6 is 0 Å². The first-order valence-corrected chi connectivity index (χ1v) is 7.80. The summed E-state index contributed by atoms with van der Waals surface area (Å²) in [5.74, 6) is 1.17. The summed E-state index contributed by atoms with van der Waals surface area (Å²) in [4.78, 5) is 9.55. The van der Waals surface area contributed by atoms with E-state index in [0.717, 1.165) is 32.7 Å². The molecule has 0 amide bonds. The van der Waals surface area contributed by atoms with Crippen molar-refractivity contribution in [2.24, 2.45) is 0 Å². The van der Waals surface area contributed by atoms with Gasteiger partial charge in [-0.05, 0) is 57.1 Å². The van der Waals surface area contributed by atoms with Gasteiger partial charge in [0.15, 0.2) is 0 Å². The molecule has 0 unspecified atom stereocenters. The highest BCUT2D eigenvalue weighted by Gasteiger charge is 2.15. The predicted octanol–water partition coefficient (Wildman–Crippen LogP) is 2.03. The fraction of sp³-hybridized carbons (Fsp3) is 0.688. The van der Waals surface area contributed by atoms with Crippen molar-refractivity contribution in [3.63, 3.8) is 0 Å². The molecule has 1 aliphatic heterocycles. The third kappa shape index (κ3) is 4.18. The minimum atomic E-state index is 0.921. The van der Waals surface area contributed by atoms with Gasteiger partial charge in [0, 0.05) is 32.4 Å². The van der Waals surface area contributed by atoms with E-state index in [0.29, 0.717) is 0 Å². The van der Waals surface area contributed by atoms with E-state index in [-0.39, 0.29) is 0 Å². The Bertz CT molecular complexity index is 419. The van der Waals surface area contributed by atoms with Gasteiger partial charge in [0.1, 0.15) is 5.82 Å². The molecule has 0 bridgehead atoms. The van der Waals surface area contributed by atoms with E-state index in [4.69, 9.17) is 4.98 Å². The lowest BCUT2D eigenvalue weighted by Gasteiger charge is -2.23. The first-order valence-electron chi connectivity index (χ1n) is 7.80. The molecule has 4 nitrogen and oxygen atoms in total. The Balaban J connectivity index is 2.01. The van der Waals surface area contributed by atoms with Crippen molar-refractivity contribution in [3.8, 4) is 0 Å². The highest BCUT2D eigenvalue weighted by molar-refractivity contribution is 5.47. The minimum absolute atomic E-state index is 0.921. The summed E-state index contributed by atoms with van der Waals surface area (Å²) in [6, 6.07) is 2.28. The highest BCUT2D eigenvalue weighted by Crippen LogP contribution is 2.19. The number of rotatable bonds is 5. The summed E-state index contributed by atoms with van der Waals surface area (Å²) in [6.45, 7) is 10.9. The smallest absolute Gasteiger partial charge is 0.131 e. The normalized spacial score (nSPS) is 17.2. The number of pyridine rings is 1. The molecular weight excluding hydrogens is 248 g/mol. The van der Waals surface area contributed by atoms with E-state index in [9.17, 15) is 0 Å². The number of hydrogen-bond donors (Lipinski definition) is 1. The number of hydrogen-bond acceptors (Lipinski definition) is 4. The molecule has 0 aliphatic carbocycles. The Morgan fingerprint density at radius 2 is 2.10 bits per heavy atom.